The van der Waals surface area contributed by atoms with Crippen molar-refractivity contribution >= 4 is 30.7 Å². The number of hydrogen-bond donors (Lipinski definition) is 2. The van der Waals surface area contributed by atoms with Gasteiger partial charge in [-0.15, -0.1) is 24.8 Å². The topological polar surface area (TPSA) is 58.4 Å². The molecule has 1 heterocycles. The maximum absolute atomic E-state index is 11.6. The highest BCUT2D eigenvalue weighted by Gasteiger charge is 2.45. The third-order valence-corrected chi connectivity index (χ3v) is 4.12. The molecular weight excluding hydrogens is 297 g/mol. The fourth-order valence-electron chi connectivity index (χ4n) is 3.02. The van der Waals surface area contributed by atoms with E-state index in [0.717, 1.165) is 44.2 Å². The lowest BCUT2D eigenvalue weighted by Gasteiger charge is -2.34. The van der Waals surface area contributed by atoms with E-state index in [0.29, 0.717) is 0 Å². The average Bonchev–Trinajstić information content (AvgIpc) is 3.02. The molecule has 2 fully saturated rings. The minimum Gasteiger partial charge on any atom is -0.354 e. The van der Waals surface area contributed by atoms with Gasteiger partial charge in [0.25, 0.3) is 0 Å². The SMILES string of the molecule is CC1CC(C)CN(CCCNC(=O)C2(N)CC2)C1.Cl.Cl. The number of carbonyl (C=O) groups excluding carboxylic acids is 1. The van der Waals surface area contributed by atoms with E-state index in [1.165, 1.54) is 19.5 Å². The maximum atomic E-state index is 11.6. The van der Waals surface area contributed by atoms with Gasteiger partial charge in [-0.25, -0.2) is 0 Å². The molecule has 0 radical (unpaired) electrons. The molecule has 4 nitrogen and oxygen atoms in total. The molecule has 0 aromatic heterocycles. The summed E-state index contributed by atoms with van der Waals surface area (Å²) in [5.41, 5.74) is 5.31. The Bertz CT molecular complexity index is 301. The van der Waals surface area contributed by atoms with Gasteiger partial charge in [-0.2, -0.15) is 0 Å². The predicted molar refractivity (Wildman–Crippen MR) is 87.7 cm³/mol. The lowest BCUT2D eigenvalue weighted by Crippen LogP contribution is -2.44. The van der Waals surface area contributed by atoms with E-state index >= 15 is 0 Å². The highest BCUT2D eigenvalue weighted by molar-refractivity contribution is 5.88. The zero-order chi connectivity index (χ0) is 13.2. The Hall–Kier alpha value is -0.0300. The fraction of sp³-hybridized carbons (Fsp3) is 0.929. The first-order valence-corrected chi connectivity index (χ1v) is 7.29. The molecule has 2 rings (SSSR count). The van der Waals surface area contributed by atoms with Crippen molar-refractivity contribution < 1.29 is 4.79 Å². The van der Waals surface area contributed by atoms with Gasteiger partial charge in [0.15, 0.2) is 0 Å². The lowest BCUT2D eigenvalue weighted by molar-refractivity contribution is -0.123. The van der Waals surface area contributed by atoms with Gasteiger partial charge in [-0.05, 0) is 44.1 Å². The van der Waals surface area contributed by atoms with Crippen LogP contribution in [0, 0.1) is 11.8 Å². The molecule has 1 aliphatic carbocycles. The number of piperidine rings is 1. The van der Waals surface area contributed by atoms with Crippen LogP contribution in [0.3, 0.4) is 0 Å². The first-order chi connectivity index (χ1) is 8.49. The molecule has 1 aliphatic heterocycles. The molecule has 6 heteroatoms. The summed E-state index contributed by atoms with van der Waals surface area (Å²) in [6.45, 7) is 8.92. The number of halogens is 2. The zero-order valence-electron chi connectivity index (χ0n) is 12.6. The van der Waals surface area contributed by atoms with Crippen LogP contribution >= 0.6 is 24.8 Å². The van der Waals surface area contributed by atoms with E-state index in [-0.39, 0.29) is 30.7 Å². The summed E-state index contributed by atoms with van der Waals surface area (Å²) in [6, 6.07) is 0. The third-order valence-electron chi connectivity index (χ3n) is 4.12. The molecule has 0 bridgehead atoms. The number of likely N-dealkylation sites (tertiary alicyclic amines) is 1. The second kappa shape index (κ2) is 8.42. The van der Waals surface area contributed by atoms with E-state index in [9.17, 15) is 4.79 Å². The molecule has 0 spiro atoms. The van der Waals surface area contributed by atoms with Crippen LogP contribution in [0.15, 0.2) is 0 Å². The summed E-state index contributed by atoms with van der Waals surface area (Å²) >= 11 is 0. The van der Waals surface area contributed by atoms with E-state index in [2.05, 4.69) is 24.1 Å². The molecule has 2 atom stereocenters. The summed E-state index contributed by atoms with van der Waals surface area (Å²) in [5, 5.41) is 2.96. The Morgan fingerprint density at radius 1 is 1.25 bits per heavy atom. The van der Waals surface area contributed by atoms with Crippen LogP contribution in [-0.2, 0) is 4.79 Å². The van der Waals surface area contributed by atoms with Gasteiger partial charge in [-0.3, -0.25) is 4.79 Å². The van der Waals surface area contributed by atoms with Crippen molar-refractivity contribution in [3.63, 3.8) is 0 Å². The molecule has 2 unspecified atom stereocenters. The number of nitrogens with one attached hydrogen (secondary N) is 1. The normalized spacial score (nSPS) is 27.9. The molecule has 1 amide bonds. The predicted octanol–water partition coefficient (Wildman–Crippen LogP) is 1.81. The lowest BCUT2D eigenvalue weighted by atomic mass is 9.92. The van der Waals surface area contributed by atoms with Gasteiger partial charge in [-0.1, -0.05) is 13.8 Å². The summed E-state index contributed by atoms with van der Waals surface area (Å²) in [5.74, 6) is 1.66. The van der Waals surface area contributed by atoms with Crippen molar-refractivity contribution in [3.05, 3.63) is 0 Å². The van der Waals surface area contributed by atoms with Gasteiger partial charge in [0.05, 0.1) is 5.54 Å². The fourth-order valence-corrected chi connectivity index (χ4v) is 3.02. The molecule has 1 saturated heterocycles. The molecule has 3 N–H and O–H groups in total. The van der Waals surface area contributed by atoms with E-state index in [1.807, 2.05) is 0 Å². The van der Waals surface area contributed by atoms with Crippen molar-refractivity contribution in [1.29, 1.82) is 0 Å². The maximum Gasteiger partial charge on any atom is 0.240 e. The zero-order valence-corrected chi connectivity index (χ0v) is 14.2. The number of rotatable bonds is 5. The second-order valence-electron chi connectivity index (χ2n) is 6.47. The Morgan fingerprint density at radius 3 is 2.30 bits per heavy atom. The van der Waals surface area contributed by atoms with Gasteiger partial charge in [0.2, 0.25) is 5.91 Å². The Labute approximate surface area is 135 Å². The largest absolute Gasteiger partial charge is 0.354 e. The number of nitrogens with two attached hydrogens (primary N) is 1. The molecule has 1 saturated carbocycles. The van der Waals surface area contributed by atoms with Crippen molar-refractivity contribution in [2.75, 3.05) is 26.2 Å². The quantitative estimate of drug-likeness (QED) is 0.758. The van der Waals surface area contributed by atoms with Crippen LogP contribution in [0.5, 0.6) is 0 Å². The van der Waals surface area contributed by atoms with Gasteiger partial charge >= 0.3 is 0 Å². The monoisotopic (exact) mass is 325 g/mol. The van der Waals surface area contributed by atoms with E-state index < -0.39 is 5.54 Å². The minimum atomic E-state index is -0.520. The Kier molecular flexibility index (Phi) is 8.41. The molecule has 2 aliphatic rings. The van der Waals surface area contributed by atoms with Crippen LogP contribution in [0.2, 0.25) is 0 Å². The van der Waals surface area contributed by atoms with Gasteiger partial charge in [0.1, 0.15) is 0 Å². The molecule has 20 heavy (non-hydrogen) atoms. The summed E-state index contributed by atoms with van der Waals surface area (Å²) in [4.78, 5) is 14.2. The van der Waals surface area contributed by atoms with Crippen LogP contribution in [-0.4, -0.2) is 42.5 Å². The van der Waals surface area contributed by atoms with Crippen molar-refractivity contribution in [2.45, 2.75) is 45.1 Å². The third kappa shape index (κ3) is 5.76. The van der Waals surface area contributed by atoms with Crippen molar-refractivity contribution in [1.82, 2.24) is 10.2 Å². The van der Waals surface area contributed by atoms with Gasteiger partial charge in [0, 0.05) is 19.6 Å². The number of hydrogen-bond acceptors (Lipinski definition) is 3. The molecule has 0 aromatic carbocycles. The molecular formula is C14H29Cl2N3O. The highest BCUT2D eigenvalue weighted by atomic mass is 35.5. The number of carbonyl (C=O) groups is 1. The van der Waals surface area contributed by atoms with Crippen LogP contribution in [0.25, 0.3) is 0 Å². The standard InChI is InChI=1S/C14H27N3O.2ClH/c1-11-8-12(2)10-17(9-11)7-3-6-16-13(18)14(15)4-5-14;;/h11-12H,3-10,15H2,1-2H3,(H,16,18);2*1H. The minimum absolute atomic E-state index is 0. The summed E-state index contributed by atoms with van der Waals surface area (Å²) in [6.07, 6.45) is 4.07. The highest BCUT2D eigenvalue weighted by Crippen LogP contribution is 2.32. The second-order valence-corrected chi connectivity index (χ2v) is 6.47. The number of amides is 1. The van der Waals surface area contributed by atoms with Crippen molar-refractivity contribution in [3.8, 4) is 0 Å². The van der Waals surface area contributed by atoms with Crippen LogP contribution < -0.4 is 11.1 Å². The molecule has 120 valence electrons. The van der Waals surface area contributed by atoms with Crippen LogP contribution in [0.4, 0.5) is 0 Å². The first kappa shape index (κ1) is 20.0. The van der Waals surface area contributed by atoms with E-state index in [1.54, 1.807) is 0 Å². The summed E-state index contributed by atoms with van der Waals surface area (Å²) in [7, 11) is 0. The van der Waals surface area contributed by atoms with Crippen LogP contribution in [0.1, 0.15) is 39.5 Å². The first-order valence-electron chi connectivity index (χ1n) is 7.29. The Morgan fingerprint density at radius 2 is 1.80 bits per heavy atom. The Balaban J connectivity index is 0.00000180. The van der Waals surface area contributed by atoms with Gasteiger partial charge < -0.3 is 16.0 Å². The van der Waals surface area contributed by atoms with Crippen molar-refractivity contribution in [2.24, 2.45) is 17.6 Å². The smallest absolute Gasteiger partial charge is 0.240 e. The summed E-state index contributed by atoms with van der Waals surface area (Å²) < 4.78 is 0. The molecule has 0 aromatic rings. The number of nitrogens with zero attached hydrogens (tertiary/aromatic N) is 1. The van der Waals surface area contributed by atoms with E-state index in [4.69, 9.17) is 5.73 Å². The average molecular weight is 326 g/mol.